The Hall–Kier alpha value is -0.510. The van der Waals surface area contributed by atoms with Gasteiger partial charge < -0.3 is 9.90 Å². The predicted molar refractivity (Wildman–Crippen MR) is 33.0 cm³/mol. The van der Waals surface area contributed by atoms with Gasteiger partial charge >= 0.3 is 0 Å². The summed E-state index contributed by atoms with van der Waals surface area (Å²) in [6.07, 6.45) is 1.88. The Bertz CT molecular complexity index is 121. The molecule has 0 saturated carbocycles. The van der Waals surface area contributed by atoms with Gasteiger partial charge in [0.1, 0.15) is 5.97 Å². The molecule has 0 heterocycles. The number of thioether (sulfide) groups is 1. The average Bonchev–Trinajstić information content (AvgIpc) is 1.82. The topological polar surface area (TPSA) is 57.2 Å². The van der Waals surface area contributed by atoms with Gasteiger partial charge in [-0.05, 0) is 6.26 Å². The van der Waals surface area contributed by atoms with Crippen LogP contribution in [0.3, 0.4) is 0 Å². The lowest BCUT2D eigenvalue weighted by Crippen LogP contribution is -2.31. The summed E-state index contributed by atoms with van der Waals surface area (Å²) in [5.74, 6) is -1.85. The number of carbonyl (C=O) groups is 2. The van der Waals surface area contributed by atoms with Crippen LogP contribution >= 0.6 is 11.8 Å². The average molecular weight is 147 g/mol. The quantitative estimate of drug-likeness (QED) is 0.481. The van der Waals surface area contributed by atoms with Gasteiger partial charge in [0.05, 0.1) is 0 Å². The number of ketones is 1. The lowest BCUT2D eigenvalue weighted by atomic mass is 10.3. The van der Waals surface area contributed by atoms with Crippen molar-refractivity contribution in [2.75, 3.05) is 12.0 Å². The third-order valence-electron chi connectivity index (χ3n) is 0.761. The Balaban J connectivity index is 3.39. The number of Topliss-reactive ketones (excluding diaryl/α,β-unsaturated/α-hetero) is 1. The first-order valence-corrected chi connectivity index (χ1v) is 3.81. The summed E-state index contributed by atoms with van der Waals surface area (Å²) in [6.45, 7) is 0. The lowest BCUT2D eigenvalue weighted by Gasteiger charge is -1.97. The summed E-state index contributed by atoms with van der Waals surface area (Å²) in [7, 11) is 0. The van der Waals surface area contributed by atoms with E-state index in [0.29, 0.717) is 5.75 Å². The summed E-state index contributed by atoms with van der Waals surface area (Å²) in [5, 5.41) is 9.74. The van der Waals surface area contributed by atoms with Crippen molar-refractivity contribution in [2.45, 2.75) is 6.42 Å². The Morgan fingerprint density at radius 2 is 2.11 bits per heavy atom. The van der Waals surface area contributed by atoms with Gasteiger partial charge in [-0.3, -0.25) is 4.79 Å². The number of carboxylic acids is 1. The first kappa shape index (κ1) is 8.49. The maximum atomic E-state index is 10.2. The fourth-order valence-electron chi connectivity index (χ4n) is 0.297. The summed E-state index contributed by atoms with van der Waals surface area (Å²) in [6, 6.07) is 0. The highest BCUT2D eigenvalue weighted by atomic mass is 32.2. The van der Waals surface area contributed by atoms with E-state index in [4.69, 9.17) is 0 Å². The monoisotopic (exact) mass is 147 g/mol. The summed E-state index contributed by atoms with van der Waals surface area (Å²) < 4.78 is 0. The maximum Gasteiger partial charge on any atom is 0.179 e. The van der Waals surface area contributed by atoms with Gasteiger partial charge in [0.25, 0.3) is 0 Å². The first-order valence-electron chi connectivity index (χ1n) is 2.41. The molecular formula is C5H7O3S-. The number of rotatable bonds is 4. The molecule has 0 spiro atoms. The van der Waals surface area contributed by atoms with Crippen LogP contribution in [-0.2, 0) is 9.59 Å². The molecule has 0 aliphatic rings. The van der Waals surface area contributed by atoms with Crippen LogP contribution in [0.15, 0.2) is 0 Å². The number of carboxylic acid groups (broad SMARTS) is 1. The molecule has 0 aromatic rings. The minimum atomic E-state index is -1.58. The third-order valence-corrected chi connectivity index (χ3v) is 1.37. The van der Waals surface area contributed by atoms with E-state index in [1.165, 1.54) is 11.8 Å². The Morgan fingerprint density at radius 3 is 2.44 bits per heavy atom. The molecule has 0 aliphatic heterocycles. The molecule has 52 valence electrons. The van der Waals surface area contributed by atoms with Crippen molar-refractivity contribution >= 4 is 23.5 Å². The molecule has 0 saturated heterocycles. The highest BCUT2D eigenvalue weighted by Crippen LogP contribution is 1.94. The van der Waals surface area contributed by atoms with E-state index >= 15 is 0 Å². The number of carbonyl (C=O) groups excluding carboxylic acids is 2. The third kappa shape index (κ3) is 4.02. The highest BCUT2D eigenvalue weighted by molar-refractivity contribution is 7.98. The first-order chi connectivity index (χ1) is 4.18. The fraction of sp³-hybridized carbons (Fsp3) is 0.600. The van der Waals surface area contributed by atoms with E-state index in [-0.39, 0.29) is 6.42 Å². The van der Waals surface area contributed by atoms with Crippen LogP contribution in [-0.4, -0.2) is 23.8 Å². The number of aliphatic carboxylic acids is 1. The normalized spacial score (nSPS) is 9.00. The van der Waals surface area contributed by atoms with E-state index < -0.39 is 11.8 Å². The van der Waals surface area contributed by atoms with Crippen molar-refractivity contribution in [2.24, 2.45) is 0 Å². The molecule has 3 nitrogen and oxygen atoms in total. The molecule has 9 heavy (non-hydrogen) atoms. The molecule has 0 unspecified atom stereocenters. The smallest absolute Gasteiger partial charge is 0.179 e. The molecule has 0 rings (SSSR count). The molecular weight excluding hydrogens is 140 g/mol. The van der Waals surface area contributed by atoms with E-state index in [1.54, 1.807) is 0 Å². The predicted octanol–water partition coefficient (Wildman–Crippen LogP) is -0.942. The largest absolute Gasteiger partial charge is 0.542 e. The van der Waals surface area contributed by atoms with Crippen molar-refractivity contribution in [3.05, 3.63) is 0 Å². The van der Waals surface area contributed by atoms with E-state index in [0.717, 1.165) is 0 Å². The van der Waals surface area contributed by atoms with E-state index in [9.17, 15) is 14.7 Å². The zero-order chi connectivity index (χ0) is 7.28. The van der Waals surface area contributed by atoms with Crippen LogP contribution < -0.4 is 5.11 Å². The van der Waals surface area contributed by atoms with Crippen LogP contribution in [0.25, 0.3) is 0 Å². The molecule has 0 aliphatic carbocycles. The Labute approximate surface area is 57.4 Å². The van der Waals surface area contributed by atoms with Crippen LogP contribution in [0.5, 0.6) is 0 Å². The van der Waals surface area contributed by atoms with Gasteiger partial charge in [0, 0.05) is 12.2 Å². The van der Waals surface area contributed by atoms with Crippen molar-refractivity contribution in [1.82, 2.24) is 0 Å². The minimum Gasteiger partial charge on any atom is -0.542 e. The maximum absolute atomic E-state index is 10.2. The molecule has 0 aromatic carbocycles. The zero-order valence-electron chi connectivity index (χ0n) is 5.05. The van der Waals surface area contributed by atoms with Gasteiger partial charge in [0.2, 0.25) is 0 Å². The molecule has 0 amide bonds. The molecule has 0 N–H and O–H groups in total. The SMILES string of the molecule is CSCCC(=O)C(=O)[O-]. The number of hydrogen-bond donors (Lipinski definition) is 0. The molecule has 0 atom stereocenters. The van der Waals surface area contributed by atoms with Crippen molar-refractivity contribution < 1.29 is 14.7 Å². The van der Waals surface area contributed by atoms with Gasteiger partial charge in [-0.1, -0.05) is 0 Å². The van der Waals surface area contributed by atoms with Crippen LogP contribution in [0.1, 0.15) is 6.42 Å². The van der Waals surface area contributed by atoms with Crippen LogP contribution in [0, 0.1) is 0 Å². The molecule has 0 radical (unpaired) electrons. The fourth-order valence-corrected chi connectivity index (χ4v) is 0.686. The van der Waals surface area contributed by atoms with Gasteiger partial charge in [-0.2, -0.15) is 11.8 Å². The van der Waals surface area contributed by atoms with Gasteiger partial charge in [-0.25, -0.2) is 0 Å². The van der Waals surface area contributed by atoms with Crippen LogP contribution in [0.4, 0.5) is 0 Å². The zero-order valence-corrected chi connectivity index (χ0v) is 5.86. The summed E-state index contributed by atoms with van der Waals surface area (Å²) in [5.41, 5.74) is 0. The van der Waals surface area contributed by atoms with E-state index in [1.807, 2.05) is 6.26 Å². The summed E-state index contributed by atoms with van der Waals surface area (Å²) in [4.78, 5) is 20.0. The highest BCUT2D eigenvalue weighted by Gasteiger charge is 1.99. The second kappa shape index (κ2) is 4.38. The molecule has 0 bridgehead atoms. The van der Waals surface area contributed by atoms with Gasteiger partial charge in [-0.15, -0.1) is 0 Å². The summed E-state index contributed by atoms with van der Waals surface area (Å²) >= 11 is 1.44. The van der Waals surface area contributed by atoms with Crippen molar-refractivity contribution in [3.8, 4) is 0 Å². The second-order valence-electron chi connectivity index (χ2n) is 1.45. The van der Waals surface area contributed by atoms with Crippen LogP contribution in [0.2, 0.25) is 0 Å². The lowest BCUT2D eigenvalue weighted by molar-refractivity contribution is -0.299. The number of hydrogen-bond acceptors (Lipinski definition) is 4. The van der Waals surface area contributed by atoms with Crippen molar-refractivity contribution in [1.29, 1.82) is 0 Å². The Morgan fingerprint density at radius 1 is 1.56 bits per heavy atom. The Kier molecular flexibility index (Phi) is 4.13. The molecule has 0 aromatic heterocycles. The minimum absolute atomic E-state index is 0.0729. The van der Waals surface area contributed by atoms with E-state index in [2.05, 4.69) is 0 Å². The van der Waals surface area contributed by atoms with Crippen molar-refractivity contribution in [3.63, 3.8) is 0 Å². The molecule has 0 fully saturated rings. The standard InChI is InChI=1S/C5H8O3S/c1-9-3-2-4(6)5(7)8/h2-3H2,1H3,(H,7,8)/p-1. The van der Waals surface area contributed by atoms with Gasteiger partial charge in [0.15, 0.2) is 5.78 Å². The molecule has 4 heteroatoms. The second-order valence-corrected chi connectivity index (χ2v) is 2.44.